The van der Waals surface area contributed by atoms with E-state index in [1.165, 1.54) is 29.6 Å². The van der Waals surface area contributed by atoms with Gasteiger partial charge in [-0.15, -0.1) is 0 Å². The van der Waals surface area contributed by atoms with Gasteiger partial charge in [0.25, 0.3) is 0 Å². The Kier molecular flexibility index (Phi) is 9.99. The molecule has 2 aliphatic rings. The summed E-state index contributed by atoms with van der Waals surface area (Å²) in [7, 11) is 1.47. The number of likely N-dealkylation sites (N-methyl/N-ethyl adjacent to an activating group) is 1. The number of carbonyl (C=O) groups is 3. The normalized spacial score (nSPS) is 22.1. The topological polar surface area (TPSA) is 134 Å². The van der Waals surface area contributed by atoms with Crippen molar-refractivity contribution in [3.63, 3.8) is 0 Å². The number of hydrogen-bond donors (Lipinski definition) is 4. The van der Waals surface area contributed by atoms with Gasteiger partial charge < -0.3 is 31.1 Å². The van der Waals surface area contributed by atoms with Crippen LogP contribution in [0.15, 0.2) is 42.5 Å². The van der Waals surface area contributed by atoms with Gasteiger partial charge in [0.2, 0.25) is 17.7 Å². The molecule has 0 saturated heterocycles. The van der Waals surface area contributed by atoms with Gasteiger partial charge >= 0.3 is 0 Å². The number of carbonyl (C=O) groups excluding carboxylic acids is 3. The van der Waals surface area contributed by atoms with E-state index in [2.05, 4.69) is 35.8 Å². The molecular weight excluding hydrogens is 527 g/mol. The highest BCUT2D eigenvalue weighted by Gasteiger charge is 2.44. The highest BCUT2D eigenvalue weighted by molar-refractivity contribution is 5.91. The van der Waals surface area contributed by atoms with Crippen molar-refractivity contribution in [1.82, 2.24) is 15.5 Å². The molecule has 9 nitrogen and oxygen atoms in total. The van der Waals surface area contributed by atoms with Crippen LogP contribution in [0.25, 0.3) is 0 Å². The van der Waals surface area contributed by atoms with E-state index < -0.39 is 35.8 Å². The molecule has 2 aromatic carbocycles. The number of rotatable bonds is 8. The zero-order valence-electron chi connectivity index (χ0n) is 23.8. The summed E-state index contributed by atoms with van der Waals surface area (Å²) in [5, 5.41) is 17.7. The summed E-state index contributed by atoms with van der Waals surface area (Å²) in [6, 6.07) is 10.7. The Hall–Kier alpha value is -3.50. The number of aryl methyl sites for hydroxylation is 1. The second-order valence-electron chi connectivity index (χ2n) is 11.2. The molecule has 4 rings (SSSR count). The standard InChI is InChI=1S/C31H41FN4O5/c1-3-20-7-6-8-22(13-20)31(10-11-31)34-19-27(37)25-16-21-14-23(32)17-24(15-21)41-12-5-4-9-29(39)36(2)26(18-28(33)38)30(40)35-25/h6-8,13-15,17,25-27,34,37H,3-5,9-12,16,18-19H2,1-2H3,(H2,33,38)(H,35,40). The predicted octanol–water partition coefficient (Wildman–Crippen LogP) is 2.32. The lowest BCUT2D eigenvalue weighted by molar-refractivity contribution is -0.141. The van der Waals surface area contributed by atoms with Gasteiger partial charge in [-0.3, -0.25) is 14.4 Å². The molecule has 1 fully saturated rings. The second kappa shape index (κ2) is 13.4. The summed E-state index contributed by atoms with van der Waals surface area (Å²) in [5.74, 6) is -1.79. The van der Waals surface area contributed by atoms with Crippen LogP contribution in [0.2, 0.25) is 0 Å². The number of amides is 3. The van der Waals surface area contributed by atoms with Crippen LogP contribution >= 0.6 is 0 Å². The lowest BCUT2D eigenvalue weighted by atomic mass is 9.97. The highest BCUT2D eigenvalue weighted by Crippen LogP contribution is 2.45. The van der Waals surface area contributed by atoms with E-state index in [9.17, 15) is 23.9 Å². The van der Waals surface area contributed by atoms with Crippen LogP contribution in [0.5, 0.6) is 5.75 Å². The van der Waals surface area contributed by atoms with E-state index in [0.717, 1.165) is 24.8 Å². The van der Waals surface area contributed by atoms with Crippen LogP contribution in [0, 0.1) is 5.82 Å². The molecule has 3 unspecified atom stereocenters. The number of aliphatic hydroxyl groups is 1. The Morgan fingerprint density at radius 3 is 2.73 bits per heavy atom. The van der Waals surface area contributed by atoms with Gasteiger partial charge in [0.1, 0.15) is 17.6 Å². The average Bonchev–Trinajstić information content (AvgIpc) is 3.74. The lowest BCUT2D eigenvalue weighted by Gasteiger charge is -2.31. The first-order chi connectivity index (χ1) is 19.6. The van der Waals surface area contributed by atoms with Gasteiger partial charge in [-0.25, -0.2) is 4.39 Å². The van der Waals surface area contributed by atoms with Gasteiger partial charge in [0.15, 0.2) is 0 Å². The van der Waals surface area contributed by atoms with Crippen molar-refractivity contribution in [3.8, 4) is 5.75 Å². The highest BCUT2D eigenvalue weighted by atomic mass is 19.1. The van der Waals surface area contributed by atoms with Crippen molar-refractivity contribution in [3.05, 3.63) is 65.0 Å². The van der Waals surface area contributed by atoms with Crippen LogP contribution in [-0.4, -0.2) is 66.1 Å². The minimum absolute atomic E-state index is 0.0992. The van der Waals surface area contributed by atoms with Gasteiger partial charge in [0.05, 0.1) is 25.2 Å². The van der Waals surface area contributed by atoms with Crippen molar-refractivity contribution in [1.29, 1.82) is 0 Å². The summed E-state index contributed by atoms with van der Waals surface area (Å²) < 4.78 is 20.3. The molecule has 2 bridgehead atoms. The number of primary amides is 1. The molecular formula is C31H41FN4O5. The predicted molar refractivity (Wildman–Crippen MR) is 152 cm³/mol. The fourth-order valence-electron chi connectivity index (χ4n) is 5.38. The summed E-state index contributed by atoms with van der Waals surface area (Å²) in [5.41, 5.74) is 8.10. The number of aliphatic hydroxyl groups excluding tert-OH is 1. The number of benzene rings is 2. The van der Waals surface area contributed by atoms with Crippen molar-refractivity contribution < 1.29 is 28.6 Å². The molecule has 3 amide bonds. The van der Waals surface area contributed by atoms with E-state index in [1.54, 1.807) is 6.07 Å². The Morgan fingerprint density at radius 2 is 2.02 bits per heavy atom. The van der Waals surface area contributed by atoms with Gasteiger partial charge in [0, 0.05) is 31.6 Å². The molecule has 5 N–H and O–H groups in total. The molecule has 0 aromatic heterocycles. The van der Waals surface area contributed by atoms with E-state index in [-0.39, 0.29) is 37.3 Å². The number of hydrogen-bond acceptors (Lipinski definition) is 6. The smallest absolute Gasteiger partial charge is 0.243 e. The monoisotopic (exact) mass is 568 g/mol. The molecule has 2 aromatic rings. The molecule has 3 atom stereocenters. The fraction of sp³-hybridized carbons (Fsp3) is 0.516. The number of nitrogens with one attached hydrogen (secondary N) is 2. The van der Waals surface area contributed by atoms with Crippen LogP contribution in [0.3, 0.4) is 0 Å². The fourth-order valence-corrected chi connectivity index (χ4v) is 5.38. The van der Waals surface area contributed by atoms with E-state index >= 15 is 0 Å². The Bertz CT molecular complexity index is 1250. The summed E-state index contributed by atoms with van der Waals surface area (Å²) >= 11 is 0. The third-order valence-electron chi connectivity index (χ3n) is 8.08. The number of nitrogens with zero attached hydrogens (tertiary/aromatic N) is 1. The first-order valence-corrected chi connectivity index (χ1v) is 14.4. The van der Waals surface area contributed by atoms with E-state index in [1.807, 2.05) is 6.07 Å². The molecule has 1 aliphatic heterocycles. The number of fused-ring (bicyclic) bond motifs is 2. The number of ether oxygens (including phenoxy) is 1. The summed E-state index contributed by atoms with van der Waals surface area (Å²) in [4.78, 5) is 39.4. The minimum atomic E-state index is -1.14. The molecule has 0 spiro atoms. The molecule has 0 radical (unpaired) electrons. The van der Waals surface area contributed by atoms with E-state index in [0.29, 0.717) is 30.8 Å². The zero-order valence-corrected chi connectivity index (χ0v) is 23.8. The number of nitrogens with two attached hydrogens (primary N) is 1. The first-order valence-electron chi connectivity index (χ1n) is 14.4. The quantitative estimate of drug-likeness (QED) is 0.386. The largest absolute Gasteiger partial charge is 0.493 e. The summed E-state index contributed by atoms with van der Waals surface area (Å²) in [6.45, 7) is 2.56. The maximum atomic E-state index is 14.5. The maximum Gasteiger partial charge on any atom is 0.243 e. The van der Waals surface area contributed by atoms with Gasteiger partial charge in [-0.2, -0.15) is 0 Å². The minimum Gasteiger partial charge on any atom is -0.493 e. The Morgan fingerprint density at radius 1 is 1.24 bits per heavy atom. The summed E-state index contributed by atoms with van der Waals surface area (Å²) in [6.07, 6.45) is 2.62. The SMILES string of the molecule is CCc1cccc(C2(NCC(O)C3Cc4cc(F)cc(c4)OCCCCC(=O)N(C)C(CC(N)=O)C(=O)N3)CC2)c1. The first kappa shape index (κ1) is 30.5. The average molecular weight is 569 g/mol. The van der Waals surface area contributed by atoms with Gasteiger partial charge in [-0.1, -0.05) is 31.2 Å². The number of halogens is 1. The zero-order chi connectivity index (χ0) is 29.6. The molecule has 41 heavy (non-hydrogen) atoms. The van der Waals surface area contributed by atoms with Gasteiger partial charge in [-0.05, 0) is 67.3 Å². The molecule has 222 valence electrons. The van der Waals surface area contributed by atoms with Crippen LogP contribution < -0.4 is 21.1 Å². The van der Waals surface area contributed by atoms with Crippen molar-refractivity contribution in [2.45, 2.75) is 82.0 Å². The molecule has 1 saturated carbocycles. The molecule has 10 heteroatoms. The lowest BCUT2D eigenvalue weighted by Crippen LogP contribution is -2.56. The van der Waals surface area contributed by atoms with E-state index in [4.69, 9.17) is 10.5 Å². The maximum absolute atomic E-state index is 14.5. The second-order valence-corrected chi connectivity index (χ2v) is 11.2. The Labute approximate surface area is 240 Å². The van der Waals surface area contributed by atoms with Crippen LogP contribution in [0.1, 0.15) is 62.1 Å². The van der Waals surface area contributed by atoms with Crippen LogP contribution in [0.4, 0.5) is 4.39 Å². The third-order valence-corrected chi connectivity index (χ3v) is 8.08. The van der Waals surface area contributed by atoms with Crippen molar-refractivity contribution in [2.24, 2.45) is 5.73 Å². The van der Waals surface area contributed by atoms with Crippen molar-refractivity contribution >= 4 is 17.7 Å². The third kappa shape index (κ3) is 8.04. The molecule has 1 heterocycles. The van der Waals surface area contributed by atoms with Crippen LogP contribution in [-0.2, 0) is 32.8 Å². The van der Waals surface area contributed by atoms with Crippen molar-refractivity contribution in [2.75, 3.05) is 20.2 Å². The Balaban J connectivity index is 1.59. The molecule has 1 aliphatic carbocycles.